The van der Waals surface area contributed by atoms with E-state index in [-0.39, 0.29) is 12.1 Å². The molecular formula is C16H17NO. The maximum Gasteiger partial charge on any atom is 0.124 e. The second-order valence-corrected chi connectivity index (χ2v) is 4.81. The van der Waals surface area contributed by atoms with E-state index < -0.39 is 0 Å². The third kappa shape index (κ3) is 2.24. The van der Waals surface area contributed by atoms with Crippen molar-refractivity contribution in [1.29, 1.82) is 0 Å². The number of benzene rings is 2. The first-order valence-electron chi connectivity index (χ1n) is 6.38. The van der Waals surface area contributed by atoms with E-state index in [0.29, 0.717) is 0 Å². The second-order valence-electron chi connectivity index (χ2n) is 4.81. The first-order chi connectivity index (χ1) is 8.83. The first-order valence-corrected chi connectivity index (χ1v) is 6.38. The number of ether oxygens (including phenoxy) is 1. The Labute approximate surface area is 107 Å². The third-order valence-electron chi connectivity index (χ3n) is 3.44. The Kier molecular flexibility index (Phi) is 3.03. The Morgan fingerprint density at radius 2 is 1.72 bits per heavy atom. The number of para-hydroxylation sites is 1. The monoisotopic (exact) mass is 239 g/mol. The number of fused-ring (bicyclic) bond motifs is 1. The molecule has 1 heterocycles. The maximum absolute atomic E-state index is 6.21. The fourth-order valence-electron chi connectivity index (χ4n) is 2.53. The largest absolute Gasteiger partial charge is 0.490 e. The van der Waals surface area contributed by atoms with Gasteiger partial charge in [0.15, 0.2) is 0 Å². The molecule has 92 valence electrons. The van der Waals surface area contributed by atoms with Crippen molar-refractivity contribution in [2.75, 3.05) is 0 Å². The van der Waals surface area contributed by atoms with Gasteiger partial charge in [-0.2, -0.15) is 0 Å². The van der Waals surface area contributed by atoms with E-state index in [1.807, 2.05) is 24.3 Å². The van der Waals surface area contributed by atoms with Gasteiger partial charge in [-0.15, -0.1) is 0 Å². The lowest BCUT2D eigenvalue weighted by Crippen LogP contribution is -2.31. The molecule has 3 rings (SSSR count). The third-order valence-corrected chi connectivity index (χ3v) is 3.44. The molecule has 2 aromatic rings. The van der Waals surface area contributed by atoms with Crippen LogP contribution in [0.1, 0.15) is 23.6 Å². The Hall–Kier alpha value is -1.80. The highest BCUT2D eigenvalue weighted by molar-refractivity contribution is 5.37. The van der Waals surface area contributed by atoms with Crippen LogP contribution in [0.25, 0.3) is 0 Å². The Morgan fingerprint density at radius 1 is 1.00 bits per heavy atom. The molecule has 0 fully saturated rings. The molecule has 0 aromatic heterocycles. The minimum Gasteiger partial charge on any atom is -0.490 e. The van der Waals surface area contributed by atoms with E-state index >= 15 is 0 Å². The van der Waals surface area contributed by atoms with Crippen LogP contribution < -0.4 is 10.5 Å². The maximum atomic E-state index is 6.21. The highest BCUT2D eigenvalue weighted by atomic mass is 16.5. The molecule has 2 aromatic carbocycles. The molecule has 2 atom stereocenters. The van der Waals surface area contributed by atoms with Crippen molar-refractivity contribution in [1.82, 2.24) is 0 Å². The summed E-state index contributed by atoms with van der Waals surface area (Å²) >= 11 is 0. The van der Waals surface area contributed by atoms with Crippen LogP contribution in [0.15, 0.2) is 54.6 Å². The van der Waals surface area contributed by atoms with Crippen LogP contribution >= 0.6 is 0 Å². The molecule has 18 heavy (non-hydrogen) atoms. The van der Waals surface area contributed by atoms with Crippen molar-refractivity contribution in [2.45, 2.75) is 25.0 Å². The average Bonchev–Trinajstić information content (AvgIpc) is 2.40. The van der Waals surface area contributed by atoms with Gasteiger partial charge in [-0.05, 0) is 11.6 Å². The van der Waals surface area contributed by atoms with Gasteiger partial charge in [-0.3, -0.25) is 0 Å². The Bertz CT molecular complexity index is 524. The number of rotatable bonds is 2. The van der Waals surface area contributed by atoms with E-state index in [4.69, 9.17) is 10.5 Å². The first kappa shape index (κ1) is 11.3. The second kappa shape index (κ2) is 4.83. The average molecular weight is 239 g/mol. The van der Waals surface area contributed by atoms with E-state index in [2.05, 4.69) is 30.3 Å². The predicted molar refractivity (Wildman–Crippen MR) is 72.5 cm³/mol. The van der Waals surface area contributed by atoms with Crippen LogP contribution in [-0.2, 0) is 6.42 Å². The van der Waals surface area contributed by atoms with Crippen LogP contribution in [0.2, 0.25) is 0 Å². The van der Waals surface area contributed by atoms with Gasteiger partial charge in [0.2, 0.25) is 0 Å². The van der Waals surface area contributed by atoms with E-state index in [1.165, 1.54) is 5.56 Å². The Balaban J connectivity index is 1.78. The van der Waals surface area contributed by atoms with Crippen molar-refractivity contribution in [3.8, 4) is 5.75 Å². The molecule has 0 radical (unpaired) electrons. The summed E-state index contributed by atoms with van der Waals surface area (Å²) in [5.41, 5.74) is 8.64. The summed E-state index contributed by atoms with van der Waals surface area (Å²) in [5, 5.41) is 0. The van der Waals surface area contributed by atoms with E-state index in [9.17, 15) is 0 Å². The summed E-state index contributed by atoms with van der Waals surface area (Å²) < 4.78 is 6.03. The van der Waals surface area contributed by atoms with Crippen LogP contribution in [0.4, 0.5) is 0 Å². The zero-order chi connectivity index (χ0) is 12.4. The molecule has 0 aliphatic carbocycles. The molecule has 2 N–H and O–H groups in total. The Morgan fingerprint density at radius 3 is 2.56 bits per heavy atom. The molecule has 0 saturated carbocycles. The summed E-state index contributed by atoms with van der Waals surface area (Å²) in [6.45, 7) is 0. The van der Waals surface area contributed by atoms with Gasteiger partial charge in [0.25, 0.3) is 0 Å². The molecule has 1 aliphatic heterocycles. The minimum absolute atomic E-state index is 0.0867. The van der Waals surface area contributed by atoms with Crippen LogP contribution in [0.3, 0.4) is 0 Å². The topological polar surface area (TPSA) is 35.2 Å². The zero-order valence-corrected chi connectivity index (χ0v) is 10.3. The van der Waals surface area contributed by atoms with Gasteiger partial charge < -0.3 is 10.5 Å². The minimum atomic E-state index is 0.0867. The molecule has 1 aliphatic rings. The molecule has 0 spiro atoms. The number of nitrogens with two attached hydrogens (primary N) is 1. The van der Waals surface area contributed by atoms with Gasteiger partial charge in [-0.25, -0.2) is 0 Å². The standard InChI is InChI=1S/C16H17NO/c17-15-11-13(10-12-6-2-1-3-7-12)18-16-9-5-4-8-14(15)16/h1-9,13,15H,10-11,17H2/t13?,15-/m0/s1. The predicted octanol–water partition coefficient (Wildman–Crippen LogP) is 3.08. The number of hydrogen-bond acceptors (Lipinski definition) is 2. The zero-order valence-electron chi connectivity index (χ0n) is 10.3. The highest BCUT2D eigenvalue weighted by Crippen LogP contribution is 2.33. The molecule has 2 heteroatoms. The van der Waals surface area contributed by atoms with Crippen LogP contribution in [0, 0.1) is 0 Å². The number of hydrogen-bond donors (Lipinski definition) is 1. The van der Waals surface area contributed by atoms with Crippen LogP contribution in [0.5, 0.6) is 5.75 Å². The van der Waals surface area contributed by atoms with Crippen molar-refractivity contribution < 1.29 is 4.74 Å². The lowest BCUT2D eigenvalue weighted by atomic mass is 9.94. The summed E-state index contributed by atoms with van der Waals surface area (Å²) in [6, 6.07) is 18.6. The smallest absolute Gasteiger partial charge is 0.124 e. The fraction of sp³-hybridized carbons (Fsp3) is 0.250. The van der Waals surface area contributed by atoms with Crippen LogP contribution in [-0.4, -0.2) is 6.10 Å². The molecule has 0 amide bonds. The SMILES string of the molecule is N[C@H]1CC(Cc2ccccc2)Oc2ccccc21. The van der Waals surface area contributed by atoms with Crippen molar-refractivity contribution >= 4 is 0 Å². The molecular weight excluding hydrogens is 222 g/mol. The summed E-state index contributed by atoms with van der Waals surface area (Å²) in [5.74, 6) is 0.942. The highest BCUT2D eigenvalue weighted by Gasteiger charge is 2.25. The molecule has 2 nitrogen and oxygen atoms in total. The van der Waals surface area contributed by atoms with E-state index in [0.717, 1.165) is 24.2 Å². The fourth-order valence-corrected chi connectivity index (χ4v) is 2.53. The van der Waals surface area contributed by atoms with E-state index in [1.54, 1.807) is 0 Å². The summed E-state index contributed by atoms with van der Waals surface area (Å²) in [7, 11) is 0. The van der Waals surface area contributed by atoms with Gasteiger partial charge >= 0.3 is 0 Å². The van der Waals surface area contributed by atoms with Crippen molar-refractivity contribution in [3.05, 3.63) is 65.7 Å². The molecule has 0 bridgehead atoms. The molecule has 1 unspecified atom stereocenters. The summed E-state index contributed by atoms with van der Waals surface area (Å²) in [6.07, 6.45) is 1.98. The van der Waals surface area contributed by atoms with Gasteiger partial charge in [0.1, 0.15) is 11.9 Å². The quantitative estimate of drug-likeness (QED) is 0.874. The lowest BCUT2D eigenvalue weighted by molar-refractivity contribution is 0.159. The van der Waals surface area contributed by atoms with Crippen molar-refractivity contribution in [3.63, 3.8) is 0 Å². The van der Waals surface area contributed by atoms with Gasteiger partial charge in [0.05, 0.1) is 0 Å². The molecule has 0 saturated heterocycles. The van der Waals surface area contributed by atoms with Gasteiger partial charge in [0, 0.05) is 24.4 Å². The van der Waals surface area contributed by atoms with Crippen molar-refractivity contribution in [2.24, 2.45) is 5.73 Å². The lowest BCUT2D eigenvalue weighted by Gasteiger charge is -2.30. The van der Waals surface area contributed by atoms with Gasteiger partial charge in [-0.1, -0.05) is 48.5 Å². The summed E-state index contributed by atoms with van der Waals surface area (Å²) in [4.78, 5) is 0. The normalized spacial score (nSPS) is 22.1.